The van der Waals surface area contributed by atoms with Crippen molar-refractivity contribution in [1.29, 1.82) is 0 Å². The second kappa shape index (κ2) is 8.30. The number of carbonyl (C=O) groups excluding carboxylic acids is 1. The molecule has 1 atom stereocenters. The monoisotopic (exact) mass is 340 g/mol. The van der Waals surface area contributed by atoms with Crippen LogP contribution >= 0.6 is 0 Å². The van der Waals surface area contributed by atoms with E-state index in [0.29, 0.717) is 12.5 Å². The maximum atomic E-state index is 12.6. The molecule has 1 heterocycles. The van der Waals surface area contributed by atoms with E-state index in [1.807, 2.05) is 47.2 Å². The lowest BCUT2D eigenvalue weighted by molar-refractivity contribution is -0.133. The Morgan fingerprint density at radius 2 is 2.00 bits per heavy atom. The molecule has 1 amide bonds. The van der Waals surface area contributed by atoms with E-state index in [9.17, 15) is 4.79 Å². The van der Waals surface area contributed by atoms with Crippen LogP contribution in [-0.2, 0) is 17.8 Å². The molecule has 5 nitrogen and oxygen atoms in total. The Morgan fingerprint density at radius 1 is 1.28 bits per heavy atom. The molecule has 3 rings (SSSR count). The number of rotatable bonds is 6. The van der Waals surface area contributed by atoms with Gasteiger partial charge in [-0.25, -0.2) is 4.98 Å². The average molecular weight is 340 g/mol. The molecule has 1 aliphatic rings. The summed E-state index contributed by atoms with van der Waals surface area (Å²) >= 11 is 0. The second-order valence-electron chi connectivity index (χ2n) is 7.07. The van der Waals surface area contributed by atoms with Gasteiger partial charge in [-0.05, 0) is 18.4 Å². The molecule has 1 aromatic heterocycles. The molecule has 0 saturated heterocycles. The number of aromatic nitrogens is 2. The van der Waals surface area contributed by atoms with Crippen molar-refractivity contribution >= 4 is 5.91 Å². The van der Waals surface area contributed by atoms with Gasteiger partial charge in [0.05, 0.1) is 18.1 Å². The first-order valence-corrected chi connectivity index (χ1v) is 9.20. The summed E-state index contributed by atoms with van der Waals surface area (Å²) in [5, 5.41) is 0. The maximum Gasteiger partial charge on any atom is 0.239 e. The zero-order chi connectivity index (χ0) is 17.6. The van der Waals surface area contributed by atoms with Crippen molar-refractivity contribution < 1.29 is 4.79 Å². The number of carbonyl (C=O) groups is 1. The average Bonchev–Trinajstić information content (AvgIpc) is 3.08. The van der Waals surface area contributed by atoms with Crippen LogP contribution in [0, 0.1) is 0 Å². The third kappa shape index (κ3) is 4.69. The lowest BCUT2D eigenvalue weighted by Crippen LogP contribution is -2.48. The van der Waals surface area contributed by atoms with Crippen molar-refractivity contribution in [3.63, 3.8) is 0 Å². The van der Waals surface area contributed by atoms with Gasteiger partial charge >= 0.3 is 0 Å². The van der Waals surface area contributed by atoms with Crippen LogP contribution in [0.15, 0.2) is 42.9 Å². The smallest absolute Gasteiger partial charge is 0.239 e. The molecular formula is C20H28N4O. The van der Waals surface area contributed by atoms with Crippen molar-refractivity contribution in [3.8, 4) is 0 Å². The predicted octanol–water partition coefficient (Wildman–Crippen LogP) is 2.59. The van der Waals surface area contributed by atoms with E-state index >= 15 is 0 Å². The molecule has 5 heteroatoms. The first kappa shape index (κ1) is 17.7. The Kier molecular flexibility index (Phi) is 5.87. The lowest BCUT2D eigenvalue weighted by atomic mass is 9.94. The van der Waals surface area contributed by atoms with Crippen LogP contribution in [0.3, 0.4) is 0 Å². The fraction of sp³-hybridized carbons (Fsp3) is 0.500. The fourth-order valence-corrected chi connectivity index (χ4v) is 3.61. The summed E-state index contributed by atoms with van der Waals surface area (Å²) in [5.74, 6) is 0.0320. The van der Waals surface area contributed by atoms with Crippen LogP contribution in [-0.4, -0.2) is 39.5 Å². The number of likely N-dealkylation sites (N-methyl/N-ethyl adjacent to an activating group) is 1. The summed E-state index contributed by atoms with van der Waals surface area (Å²) in [6.07, 6.45) is 10.2. The summed E-state index contributed by atoms with van der Waals surface area (Å²) in [6, 6.07) is 10.1. The van der Waals surface area contributed by atoms with Gasteiger partial charge < -0.3 is 15.2 Å². The Hall–Kier alpha value is -2.14. The Morgan fingerprint density at radius 3 is 2.72 bits per heavy atom. The molecule has 2 N–H and O–H groups in total. The zero-order valence-electron chi connectivity index (χ0n) is 15.0. The normalized spacial score (nSPS) is 16.6. The molecule has 25 heavy (non-hydrogen) atoms. The minimum atomic E-state index is -0.521. The molecule has 134 valence electrons. The maximum absolute atomic E-state index is 12.6. The topological polar surface area (TPSA) is 64.2 Å². The van der Waals surface area contributed by atoms with E-state index in [1.165, 1.54) is 24.8 Å². The number of imidazole rings is 1. The quantitative estimate of drug-likeness (QED) is 0.879. The molecule has 1 aromatic carbocycles. The van der Waals surface area contributed by atoms with Gasteiger partial charge in [-0.1, -0.05) is 49.6 Å². The van der Waals surface area contributed by atoms with Crippen molar-refractivity contribution in [2.45, 2.75) is 57.2 Å². The fourth-order valence-electron chi connectivity index (χ4n) is 3.61. The minimum absolute atomic E-state index is 0.0320. The molecule has 0 unspecified atom stereocenters. The van der Waals surface area contributed by atoms with Gasteiger partial charge in [-0.15, -0.1) is 0 Å². The highest BCUT2D eigenvalue weighted by molar-refractivity contribution is 5.82. The number of nitrogens with zero attached hydrogens (tertiary/aromatic N) is 3. The minimum Gasteiger partial charge on any atom is -0.341 e. The van der Waals surface area contributed by atoms with Crippen LogP contribution < -0.4 is 5.73 Å². The lowest BCUT2D eigenvalue weighted by Gasteiger charge is -2.32. The van der Waals surface area contributed by atoms with E-state index in [0.717, 1.165) is 25.1 Å². The van der Waals surface area contributed by atoms with E-state index in [-0.39, 0.29) is 5.91 Å². The van der Waals surface area contributed by atoms with E-state index < -0.39 is 6.04 Å². The summed E-state index contributed by atoms with van der Waals surface area (Å²) in [7, 11) is 1.90. The van der Waals surface area contributed by atoms with Gasteiger partial charge in [0.15, 0.2) is 0 Å². The van der Waals surface area contributed by atoms with E-state index in [4.69, 9.17) is 5.73 Å². The highest BCUT2D eigenvalue weighted by Gasteiger charge is 2.26. The third-order valence-corrected chi connectivity index (χ3v) is 5.11. The van der Waals surface area contributed by atoms with Gasteiger partial charge in [0, 0.05) is 32.3 Å². The first-order valence-electron chi connectivity index (χ1n) is 9.20. The van der Waals surface area contributed by atoms with Crippen molar-refractivity contribution in [3.05, 3.63) is 54.1 Å². The van der Waals surface area contributed by atoms with E-state index in [1.54, 1.807) is 0 Å². The standard InChI is InChI=1S/C20H28N4O/c1-23(18-10-6-3-7-11-18)20(25)19(21)12-17-14-24(15-22-17)13-16-8-4-2-5-9-16/h2,4-5,8-9,14-15,18-19H,3,6-7,10-13,21H2,1H3/t19-/m0/s1. The highest BCUT2D eigenvalue weighted by Crippen LogP contribution is 2.22. The van der Waals surface area contributed by atoms with Gasteiger partial charge in [0.2, 0.25) is 5.91 Å². The molecule has 2 aromatic rings. The van der Waals surface area contributed by atoms with Gasteiger partial charge in [-0.3, -0.25) is 4.79 Å². The highest BCUT2D eigenvalue weighted by atomic mass is 16.2. The zero-order valence-corrected chi connectivity index (χ0v) is 15.0. The molecule has 0 radical (unpaired) electrons. The SMILES string of the molecule is CN(C(=O)[C@@H](N)Cc1cn(Cc2ccccc2)cn1)C1CCCCC1. The van der Waals surface area contributed by atoms with Crippen LogP contribution in [0.25, 0.3) is 0 Å². The third-order valence-electron chi connectivity index (χ3n) is 5.11. The number of hydrogen-bond donors (Lipinski definition) is 1. The Bertz CT molecular complexity index is 676. The van der Waals surface area contributed by atoms with E-state index in [2.05, 4.69) is 17.1 Å². The number of hydrogen-bond acceptors (Lipinski definition) is 3. The first-order chi connectivity index (χ1) is 12.1. The second-order valence-corrected chi connectivity index (χ2v) is 7.07. The van der Waals surface area contributed by atoms with Crippen LogP contribution in [0.4, 0.5) is 0 Å². The summed E-state index contributed by atoms with van der Waals surface area (Å²) in [6.45, 7) is 0.777. The molecule has 0 spiro atoms. The number of nitrogens with two attached hydrogens (primary N) is 1. The number of amides is 1. The van der Waals surface area contributed by atoms with Gasteiger partial charge in [-0.2, -0.15) is 0 Å². The summed E-state index contributed by atoms with van der Waals surface area (Å²) in [5.41, 5.74) is 8.27. The van der Waals surface area contributed by atoms with Crippen molar-refractivity contribution in [1.82, 2.24) is 14.5 Å². The van der Waals surface area contributed by atoms with Crippen LogP contribution in [0.2, 0.25) is 0 Å². The largest absolute Gasteiger partial charge is 0.341 e. The Balaban J connectivity index is 1.55. The number of benzene rings is 1. The van der Waals surface area contributed by atoms with Gasteiger partial charge in [0.25, 0.3) is 0 Å². The van der Waals surface area contributed by atoms with Crippen molar-refractivity contribution in [2.24, 2.45) is 5.73 Å². The summed E-state index contributed by atoms with van der Waals surface area (Å²) < 4.78 is 2.03. The Labute approximate surface area is 149 Å². The molecule has 1 fully saturated rings. The summed E-state index contributed by atoms with van der Waals surface area (Å²) in [4.78, 5) is 18.9. The van der Waals surface area contributed by atoms with Gasteiger partial charge in [0.1, 0.15) is 0 Å². The molecular weight excluding hydrogens is 312 g/mol. The predicted molar refractivity (Wildman–Crippen MR) is 99.1 cm³/mol. The van der Waals surface area contributed by atoms with Crippen molar-refractivity contribution in [2.75, 3.05) is 7.05 Å². The molecule has 0 aliphatic heterocycles. The molecule has 1 aliphatic carbocycles. The van der Waals surface area contributed by atoms with Crippen LogP contribution in [0.5, 0.6) is 0 Å². The molecule has 0 bridgehead atoms. The van der Waals surface area contributed by atoms with Crippen LogP contribution in [0.1, 0.15) is 43.4 Å². The molecule has 1 saturated carbocycles.